The van der Waals surface area contributed by atoms with E-state index in [-0.39, 0.29) is 5.25 Å². The third kappa shape index (κ3) is 4.03. The molecule has 0 N–H and O–H groups in total. The standard InChI is InChI=1S/C12H22OS2/c1-5-8(2)6-11(13)12-7-14-9(3)10(4)15-12/h8-10,12H,5-7H2,1-4H3. The number of thioether (sulfide) groups is 2. The van der Waals surface area contributed by atoms with Crippen LogP contribution >= 0.6 is 23.5 Å². The van der Waals surface area contributed by atoms with Crippen LogP contribution in [-0.4, -0.2) is 27.3 Å². The van der Waals surface area contributed by atoms with Crippen LogP contribution in [-0.2, 0) is 4.79 Å². The first kappa shape index (κ1) is 13.4. The van der Waals surface area contributed by atoms with Crippen molar-refractivity contribution in [3.05, 3.63) is 0 Å². The number of ketones is 1. The molecule has 1 rings (SSSR count). The Kier molecular flexibility index (Phi) is 5.54. The fourth-order valence-corrected chi connectivity index (χ4v) is 4.47. The fourth-order valence-electron chi connectivity index (χ4n) is 1.57. The van der Waals surface area contributed by atoms with Crippen molar-refractivity contribution < 1.29 is 4.79 Å². The predicted octanol–water partition coefficient (Wildman–Crippen LogP) is 3.62. The first-order valence-electron chi connectivity index (χ1n) is 5.84. The quantitative estimate of drug-likeness (QED) is 0.754. The zero-order valence-corrected chi connectivity index (χ0v) is 11.8. The van der Waals surface area contributed by atoms with E-state index in [4.69, 9.17) is 0 Å². The fraction of sp³-hybridized carbons (Fsp3) is 0.917. The van der Waals surface area contributed by atoms with Gasteiger partial charge in [-0.2, -0.15) is 11.8 Å². The van der Waals surface area contributed by atoms with Gasteiger partial charge in [0.05, 0.1) is 5.25 Å². The summed E-state index contributed by atoms with van der Waals surface area (Å²) in [6.45, 7) is 8.83. The molecule has 1 nitrogen and oxygen atoms in total. The second-order valence-electron chi connectivity index (χ2n) is 4.55. The number of Topliss-reactive ketones (excluding diaryl/α,β-unsaturated/α-hetero) is 1. The lowest BCUT2D eigenvalue weighted by atomic mass is 10.0. The minimum Gasteiger partial charge on any atom is -0.298 e. The minimum absolute atomic E-state index is 0.259. The van der Waals surface area contributed by atoms with Gasteiger partial charge in [-0.05, 0) is 5.92 Å². The maximum absolute atomic E-state index is 12.0. The second kappa shape index (κ2) is 6.19. The number of hydrogen-bond donors (Lipinski definition) is 0. The molecule has 0 aromatic rings. The molecule has 4 unspecified atom stereocenters. The predicted molar refractivity (Wildman–Crippen MR) is 71.8 cm³/mol. The van der Waals surface area contributed by atoms with Crippen molar-refractivity contribution in [3.63, 3.8) is 0 Å². The lowest BCUT2D eigenvalue weighted by molar-refractivity contribution is -0.119. The lowest BCUT2D eigenvalue weighted by Crippen LogP contribution is -2.32. The molecular weight excluding hydrogens is 224 g/mol. The van der Waals surface area contributed by atoms with Crippen LogP contribution in [0.5, 0.6) is 0 Å². The third-order valence-corrected chi connectivity index (χ3v) is 6.59. The van der Waals surface area contributed by atoms with E-state index in [0.717, 1.165) is 18.6 Å². The number of carbonyl (C=O) groups excluding carboxylic acids is 1. The van der Waals surface area contributed by atoms with E-state index in [1.807, 2.05) is 23.5 Å². The van der Waals surface area contributed by atoms with Gasteiger partial charge in [-0.25, -0.2) is 0 Å². The molecule has 0 bridgehead atoms. The van der Waals surface area contributed by atoms with Crippen molar-refractivity contribution in [1.82, 2.24) is 0 Å². The molecule has 0 saturated carbocycles. The molecule has 0 aliphatic carbocycles. The van der Waals surface area contributed by atoms with Crippen LogP contribution < -0.4 is 0 Å². The van der Waals surface area contributed by atoms with E-state index in [0.29, 0.717) is 22.2 Å². The molecule has 4 atom stereocenters. The molecule has 1 heterocycles. The average Bonchev–Trinajstić information content (AvgIpc) is 2.21. The highest BCUT2D eigenvalue weighted by Crippen LogP contribution is 2.36. The Morgan fingerprint density at radius 1 is 1.40 bits per heavy atom. The zero-order chi connectivity index (χ0) is 11.4. The van der Waals surface area contributed by atoms with Crippen molar-refractivity contribution in [2.45, 2.75) is 56.3 Å². The monoisotopic (exact) mass is 246 g/mol. The first-order valence-corrected chi connectivity index (χ1v) is 7.83. The van der Waals surface area contributed by atoms with Gasteiger partial charge in [-0.3, -0.25) is 4.79 Å². The third-order valence-electron chi connectivity index (χ3n) is 3.16. The highest BCUT2D eigenvalue weighted by Gasteiger charge is 2.30. The Bertz CT molecular complexity index is 218. The summed E-state index contributed by atoms with van der Waals surface area (Å²) < 4.78 is 0. The topological polar surface area (TPSA) is 17.1 Å². The van der Waals surface area contributed by atoms with Gasteiger partial charge in [0, 0.05) is 22.7 Å². The molecule has 1 saturated heterocycles. The van der Waals surface area contributed by atoms with E-state index >= 15 is 0 Å². The minimum atomic E-state index is 0.259. The smallest absolute Gasteiger partial charge is 0.146 e. The first-order chi connectivity index (χ1) is 7.04. The molecule has 3 heteroatoms. The summed E-state index contributed by atoms with van der Waals surface area (Å²) in [4.78, 5) is 12.0. The van der Waals surface area contributed by atoms with E-state index in [2.05, 4.69) is 27.7 Å². The van der Waals surface area contributed by atoms with Gasteiger partial charge in [-0.15, -0.1) is 11.8 Å². The van der Waals surface area contributed by atoms with Gasteiger partial charge in [0.25, 0.3) is 0 Å². The van der Waals surface area contributed by atoms with Crippen LogP contribution in [0, 0.1) is 5.92 Å². The Morgan fingerprint density at radius 2 is 2.07 bits per heavy atom. The normalized spacial score (nSPS) is 33.7. The zero-order valence-electron chi connectivity index (χ0n) is 10.2. The van der Waals surface area contributed by atoms with Crippen molar-refractivity contribution >= 4 is 29.3 Å². The molecule has 15 heavy (non-hydrogen) atoms. The van der Waals surface area contributed by atoms with Crippen LogP contribution in [0.25, 0.3) is 0 Å². The lowest BCUT2D eigenvalue weighted by Gasteiger charge is -2.30. The van der Waals surface area contributed by atoms with E-state index in [1.54, 1.807) is 0 Å². The van der Waals surface area contributed by atoms with Gasteiger partial charge < -0.3 is 0 Å². The molecule has 0 amide bonds. The number of hydrogen-bond acceptors (Lipinski definition) is 3. The van der Waals surface area contributed by atoms with Gasteiger partial charge in [0.1, 0.15) is 5.78 Å². The molecule has 1 aliphatic heterocycles. The summed E-state index contributed by atoms with van der Waals surface area (Å²) >= 11 is 3.84. The molecule has 0 radical (unpaired) electrons. The van der Waals surface area contributed by atoms with E-state index in [1.165, 1.54) is 0 Å². The van der Waals surface area contributed by atoms with Crippen molar-refractivity contribution in [2.75, 3.05) is 5.75 Å². The summed E-state index contributed by atoms with van der Waals surface area (Å²) in [7, 11) is 0. The van der Waals surface area contributed by atoms with Crippen LogP contribution in [0.15, 0.2) is 0 Å². The Morgan fingerprint density at radius 3 is 2.60 bits per heavy atom. The average molecular weight is 246 g/mol. The molecule has 0 spiro atoms. The van der Waals surface area contributed by atoms with E-state index < -0.39 is 0 Å². The highest BCUT2D eigenvalue weighted by atomic mass is 32.2. The van der Waals surface area contributed by atoms with Gasteiger partial charge in [-0.1, -0.05) is 34.1 Å². The molecule has 88 valence electrons. The largest absolute Gasteiger partial charge is 0.298 e. The molecule has 0 aromatic carbocycles. The Labute approximate surface area is 102 Å². The van der Waals surface area contributed by atoms with Crippen LogP contribution in [0.2, 0.25) is 0 Å². The SMILES string of the molecule is CCC(C)CC(=O)C1CSC(C)C(C)S1. The van der Waals surface area contributed by atoms with Crippen molar-refractivity contribution in [1.29, 1.82) is 0 Å². The van der Waals surface area contributed by atoms with E-state index in [9.17, 15) is 4.79 Å². The van der Waals surface area contributed by atoms with Crippen LogP contribution in [0.1, 0.15) is 40.5 Å². The van der Waals surface area contributed by atoms with Crippen molar-refractivity contribution in [3.8, 4) is 0 Å². The highest BCUT2D eigenvalue weighted by molar-refractivity contribution is 8.08. The number of carbonyl (C=O) groups is 1. The maximum atomic E-state index is 12.0. The molecule has 0 aromatic heterocycles. The molecule has 1 aliphatic rings. The van der Waals surface area contributed by atoms with Crippen molar-refractivity contribution in [2.24, 2.45) is 5.92 Å². The summed E-state index contributed by atoms with van der Waals surface area (Å²) in [6.07, 6.45) is 1.89. The summed E-state index contributed by atoms with van der Waals surface area (Å²) in [6, 6.07) is 0. The molecule has 1 fully saturated rings. The maximum Gasteiger partial charge on any atom is 0.146 e. The van der Waals surface area contributed by atoms with Gasteiger partial charge in [0.15, 0.2) is 0 Å². The summed E-state index contributed by atoms with van der Waals surface area (Å²) in [5.41, 5.74) is 0. The summed E-state index contributed by atoms with van der Waals surface area (Å²) in [5, 5.41) is 1.58. The Hall–Kier alpha value is 0.370. The van der Waals surface area contributed by atoms with Crippen LogP contribution in [0.3, 0.4) is 0 Å². The Balaban J connectivity index is 2.40. The molecular formula is C12H22OS2. The van der Waals surface area contributed by atoms with Crippen LogP contribution in [0.4, 0.5) is 0 Å². The van der Waals surface area contributed by atoms with Gasteiger partial charge in [0.2, 0.25) is 0 Å². The van der Waals surface area contributed by atoms with Gasteiger partial charge >= 0.3 is 0 Å². The second-order valence-corrected chi connectivity index (χ2v) is 7.55. The number of rotatable bonds is 4. The summed E-state index contributed by atoms with van der Waals surface area (Å²) in [5.74, 6) is 2.05.